The van der Waals surface area contributed by atoms with Crippen LogP contribution in [0.5, 0.6) is 0 Å². The van der Waals surface area contributed by atoms with Crippen LogP contribution in [0.1, 0.15) is 10.4 Å². The third-order valence-electron chi connectivity index (χ3n) is 3.33. The standard InChI is InChI=1S/C15H14FNO7/c1-22-14(20)10-6-24-7-17(12(10)15(21)23-2)8-3-4-9(13(18)19)11(16)5-8/h3-5H,6-7H2,1-2H3,(H,18,19). The third-order valence-corrected chi connectivity index (χ3v) is 3.33. The van der Waals surface area contributed by atoms with Crippen LogP contribution in [0.4, 0.5) is 10.1 Å². The van der Waals surface area contributed by atoms with Crippen LogP contribution in [0.3, 0.4) is 0 Å². The molecule has 0 bridgehead atoms. The van der Waals surface area contributed by atoms with E-state index in [2.05, 4.69) is 9.47 Å². The van der Waals surface area contributed by atoms with Crippen molar-refractivity contribution in [2.24, 2.45) is 0 Å². The molecule has 128 valence electrons. The number of carbonyl (C=O) groups is 3. The molecule has 1 heterocycles. The first-order valence-electron chi connectivity index (χ1n) is 6.68. The number of anilines is 1. The molecule has 8 nitrogen and oxygen atoms in total. The maximum Gasteiger partial charge on any atom is 0.355 e. The number of methoxy groups -OCH3 is 2. The van der Waals surface area contributed by atoms with Crippen LogP contribution in [-0.2, 0) is 23.8 Å². The summed E-state index contributed by atoms with van der Waals surface area (Å²) in [6.07, 6.45) is 0. The van der Waals surface area contributed by atoms with E-state index in [4.69, 9.17) is 9.84 Å². The van der Waals surface area contributed by atoms with Gasteiger partial charge >= 0.3 is 17.9 Å². The Bertz CT molecular complexity index is 729. The van der Waals surface area contributed by atoms with Gasteiger partial charge in [0.25, 0.3) is 0 Å². The van der Waals surface area contributed by atoms with Crippen molar-refractivity contribution in [2.45, 2.75) is 0 Å². The molecule has 1 aliphatic heterocycles. The SMILES string of the molecule is COC(=O)C1=C(C(=O)OC)N(c2ccc(C(=O)O)c(F)c2)COC1. The summed E-state index contributed by atoms with van der Waals surface area (Å²) in [4.78, 5) is 36.0. The summed E-state index contributed by atoms with van der Waals surface area (Å²) < 4.78 is 28.4. The van der Waals surface area contributed by atoms with Gasteiger partial charge in [0.2, 0.25) is 0 Å². The molecule has 0 aromatic heterocycles. The van der Waals surface area contributed by atoms with Gasteiger partial charge in [0, 0.05) is 5.69 Å². The van der Waals surface area contributed by atoms with E-state index in [1.807, 2.05) is 0 Å². The van der Waals surface area contributed by atoms with Gasteiger partial charge in [0.05, 0.1) is 32.0 Å². The number of nitrogens with zero attached hydrogens (tertiary/aromatic N) is 1. The second kappa shape index (κ2) is 7.09. The van der Waals surface area contributed by atoms with Gasteiger partial charge in [-0.1, -0.05) is 0 Å². The van der Waals surface area contributed by atoms with Gasteiger partial charge in [-0.25, -0.2) is 18.8 Å². The Kier molecular flexibility index (Phi) is 5.14. The number of carbonyl (C=O) groups excluding carboxylic acids is 2. The molecule has 9 heteroatoms. The Morgan fingerprint density at radius 3 is 2.42 bits per heavy atom. The Labute approximate surface area is 136 Å². The van der Waals surface area contributed by atoms with Crippen LogP contribution in [0.2, 0.25) is 0 Å². The van der Waals surface area contributed by atoms with Crippen molar-refractivity contribution < 1.29 is 38.1 Å². The van der Waals surface area contributed by atoms with E-state index in [0.717, 1.165) is 26.4 Å². The second-order valence-corrected chi connectivity index (χ2v) is 4.69. The van der Waals surface area contributed by atoms with Gasteiger partial charge in [0.15, 0.2) is 0 Å². The molecule has 0 amide bonds. The molecule has 24 heavy (non-hydrogen) atoms. The highest BCUT2D eigenvalue weighted by molar-refractivity contribution is 6.03. The van der Waals surface area contributed by atoms with Gasteiger partial charge in [-0.05, 0) is 18.2 Å². The molecular weight excluding hydrogens is 325 g/mol. The first-order valence-corrected chi connectivity index (χ1v) is 6.68. The fourth-order valence-electron chi connectivity index (χ4n) is 2.19. The molecule has 1 aliphatic rings. The molecule has 0 fully saturated rings. The Morgan fingerprint density at radius 2 is 1.88 bits per heavy atom. The van der Waals surface area contributed by atoms with Crippen molar-refractivity contribution in [2.75, 3.05) is 32.5 Å². The molecule has 0 atom stereocenters. The smallest absolute Gasteiger partial charge is 0.355 e. The lowest BCUT2D eigenvalue weighted by molar-refractivity contribution is -0.140. The van der Waals surface area contributed by atoms with Crippen LogP contribution in [0, 0.1) is 5.82 Å². The number of rotatable bonds is 4. The summed E-state index contributed by atoms with van der Waals surface area (Å²) in [6, 6.07) is 3.27. The largest absolute Gasteiger partial charge is 0.478 e. The maximum absolute atomic E-state index is 13.9. The number of hydrogen-bond donors (Lipinski definition) is 1. The van der Waals surface area contributed by atoms with Crippen molar-refractivity contribution in [3.63, 3.8) is 0 Å². The summed E-state index contributed by atoms with van der Waals surface area (Å²) in [5, 5.41) is 8.87. The molecule has 1 aromatic carbocycles. The first-order chi connectivity index (χ1) is 11.4. The number of carboxylic acid groups (broad SMARTS) is 1. The molecule has 2 rings (SSSR count). The van der Waals surface area contributed by atoms with Gasteiger partial charge in [-0.3, -0.25) is 0 Å². The number of carboxylic acids is 1. The highest BCUT2D eigenvalue weighted by Gasteiger charge is 2.32. The Hall–Kier alpha value is -2.94. The van der Waals surface area contributed by atoms with E-state index >= 15 is 0 Å². The fourth-order valence-corrected chi connectivity index (χ4v) is 2.19. The number of halogens is 1. The molecule has 1 aromatic rings. The van der Waals surface area contributed by atoms with Crippen LogP contribution in [-0.4, -0.2) is 50.6 Å². The van der Waals surface area contributed by atoms with E-state index in [9.17, 15) is 18.8 Å². The summed E-state index contributed by atoms with van der Waals surface area (Å²) in [5.41, 5.74) is -0.635. The predicted octanol–water partition coefficient (Wildman–Crippen LogP) is 0.918. The Morgan fingerprint density at radius 1 is 1.21 bits per heavy atom. The van der Waals surface area contributed by atoms with Crippen molar-refractivity contribution in [3.05, 3.63) is 40.8 Å². The number of aromatic carboxylic acids is 1. The van der Waals surface area contributed by atoms with Crippen molar-refractivity contribution in [3.8, 4) is 0 Å². The third kappa shape index (κ3) is 3.20. The lowest BCUT2D eigenvalue weighted by atomic mass is 10.1. The molecule has 0 radical (unpaired) electrons. The van der Waals surface area contributed by atoms with Crippen LogP contribution < -0.4 is 4.90 Å². The average molecular weight is 339 g/mol. The molecule has 0 aliphatic carbocycles. The normalized spacial score (nSPS) is 14.4. The first kappa shape index (κ1) is 17.4. The average Bonchev–Trinajstić information content (AvgIpc) is 2.59. The zero-order valence-electron chi connectivity index (χ0n) is 12.9. The minimum atomic E-state index is -1.42. The van der Waals surface area contributed by atoms with E-state index in [1.54, 1.807) is 0 Å². The number of ether oxygens (including phenoxy) is 3. The monoisotopic (exact) mass is 339 g/mol. The Balaban J connectivity index is 2.54. The van der Waals surface area contributed by atoms with Crippen LogP contribution in [0.15, 0.2) is 29.5 Å². The zero-order chi connectivity index (χ0) is 17.9. The minimum absolute atomic E-state index is 0.0849. The van der Waals surface area contributed by atoms with Gasteiger partial charge < -0.3 is 24.2 Å². The van der Waals surface area contributed by atoms with Crippen molar-refractivity contribution >= 4 is 23.6 Å². The van der Waals surface area contributed by atoms with Crippen LogP contribution >= 0.6 is 0 Å². The van der Waals surface area contributed by atoms with Crippen molar-refractivity contribution in [1.82, 2.24) is 0 Å². The zero-order valence-corrected chi connectivity index (χ0v) is 12.9. The van der Waals surface area contributed by atoms with E-state index in [-0.39, 0.29) is 30.3 Å². The lowest BCUT2D eigenvalue weighted by Crippen LogP contribution is -2.38. The summed E-state index contributed by atoms with van der Waals surface area (Å²) >= 11 is 0. The number of esters is 2. The fraction of sp³-hybridized carbons (Fsp3) is 0.267. The van der Waals surface area contributed by atoms with Crippen LogP contribution in [0.25, 0.3) is 0 Å². The second-order valence-electron chi connectivity index (χ2n) is 4.69. The van der Waals surface area contributed by atoms with E-state index in [1.165, 1.54) is 11.0 Å². The maximum atomic E-state index is 13.9. The molecule has 0 spiro atoms. The summed E-state index contributed by atoms with van der Waals surface area (Å²) in [7, 11) is 2.27. The molecular formula is C15H14FNO7. The minimum Gasteiger partial charge on any atom is -0.478 e. The highest BCUT2D eigenvalue weighted by atomic mass is 19.1. The van der Waals surface area contributed by atoms with Crippen molar-refractivity contribution in [1.29, 1.82) is 0 Å². The predicted molar refractivity (Wildman–Crippen MR) is 77.7 cm³/mol. The quantitative estimate of drug-likeness (QED) is 0.808. The van der Waals surface area contributed by atoms with Gasteiger partial charge in [0.1, 0.15) is 18.2 Å². The van der Waals surface area contributed by atoms with Gasteiger partial charge in [-0.15, -0.1) is 0 Å². The summed E-state index contributed by atoms with van der Waals surface area (Å²) in [5.74, 6) is -4.04. The number of hydrogen-bond acceptors (Lipinski definition) is 7. The van der Waals surface area contributed by atoms with E-state index in [0.29, 0.717) is 0 Å². The molecule has 1 N–H and O–H groups in total. The topological polar surface area (TPSA) is 102 Å². The highest BCUT2D eigenvalue weighted by Crippen LogP contribution is 2.28. The number of benzene rings is 1. The van der Waals surface area contributed by atoms with E-state index < -0.39 is 29.3 Å². The lowest BCUT2D eigenvalue weighted by Gasteiger charge is -2.31. The summed E-state index contributed by atoms with van der Waals surface area (Å²) in [6.45, 7) is -0.333. The molecule has 0 unspecified atom stereocenters. The van der Waals surface area contributed by atoms with Gasteiger partial charge in [-0.2, -0.15) is 0 Å². The molecule has 0 saturated heterocycles. The molecule has 0 saturated carbocycles.